The first-order valence-electron chi connectivity index (χ1n) is 13.3. The molecule has 7 heteroatoms. The van der Waals surface area contributed by atoms with Crippen LogP contribution in [0.3, 0.4) is 0 Å². The number of nitrogens with zero attached hydrogens (tertiary/aromatic N) is 3. The number of anilines is 1. The Morgan fingerprint density at radius 2 is 1.81 bits per heavy atom. The summed E-state index contributed by atoms with van der Waals surface area (Å²) in [6.07, 6.45) is 7.46. The van der Waals surface area contributed by atoms with Gasteiger partial charge in [-0.05, 0) is 67.9 Å². The van der Waals surface area contributed by atoms with Gasteiger partial charge in [0.15, 0.2) is 0 Å². The summed E-state index contributed by atoms with van der Waals surface area (Å²) < 4.78 is 11.2. The second kappa shape index (κ2) is 12.7. The van der Waals surface area contributed by atoms with E-state index in [0.29, 0.717) is 38.0 Å². The Morgan fingerprint density at radius 3 is 2.44 bits per heavy atom. The molecule has 4 rings (SSSR count). The normalized spacial score (nSPS) is 19.9. The second-order valence-electron chi connectivity index (χ2n) is 10.1. The lowest BCUT2D eigenvalue weighted by Crippen LogP contribution is -2.33. The maximum Gasteiger partial charge on any atom is 0.309 e. The van der Waals surface area contributed by atoms with Gasteiger partial charge in [-0.15, -0.1) is 0 Å². The van der Waals surface area contributed by atoms with Gasteiger partial charge in [-0.2, -0.15) is 0 Å². The summed E-state index contributed by atoms with van der Waals surface area (Å²) in [5, 5.41) is 0. The van der Waals surface area contributed by atoms with Crippen LogP contribution in [0.4, 0.5) is 5.82 Å². The lowest BCUT2D eigenvalue weighted by atomic mass is 9.82. The lowest BCUT2D eigenvalue weighted by Gasteiger charge is -2.22. The predicted molar refractivity (Wildman–Crippen MR) is 140 cm³/mol. The molecule has 1 aromatic heterocycles. The fourth-order valence-electron chi connectivity index (χ4n) is 5.45. The Kier molecular flexibility index (Phi) is 9.20. The van der Waals surface area contributed by atoms with Crippen molar-refractivity contribution in [2.45, 2.75) is 45.4 Å². The smallest absolute Gasteiger partial charge is 0.309 e. The van der Waals surface area contributed by atoms with E-state index in [0.717, 1.165) is 30.2 Å². The fraction of sp³-hybridized carbons (Fsp3) is 0.552. The van der Waals surface area contributed by atoms with Gasteiger partial charge in [-0.25, -0.2) is 4.98 Å². The molecule has 2 fully saturated rings. The summed E-state index contributed by atoms with van der Waals surface area (Å²) >= 11 is 0. The number of hydrogen-bond donors (Lipinski definition) is 0. The molecule has 1 saturated heterocycles. The summed E-state index contributed by atoms with van der Waals surface area (Å²) in [7, 11) is 1.99. The number of esters is 1. The lowest BCUT2D eigenvalue weighted by molar-refractivity contribution is -0.151. The SMILES string of the molecule is CCOC(=O)C(CC(=O)N1C[C@H]2CCCC[C@H]2C1)Cc1ccc(OCCN(C)c2ccccn2)cc1. The molecule has 194 valence electrons. The molecule has 0 bridgehead atoms. The van der Waals surface area contributed by atoms with Crippen LogP contribution in [0, 0.1) is 17.8 Å². The van der Waals surface area contributed by atoms with E-state index in [1.807, 2.05) is 59.3 Å². The molecule has 1 aliphatic carbocycles. The van der Waals surface area contributed by atoms with Gasteiger partial charge in [-0.1, -0.05) is 31.0 Å². The summed E-state index contributed by atoms with van der Waals surface area (Å²) in [5.74, 6) is 2.28. The third-order valence-electron chi connectivity index (χ3n) is 7.51. The number of ether oxygens (including phenoxy) is 2. The van der Waals surface area contributed by atoms with Crippen molar-refractivity contribution in [3.8, 4) is 5.75 Å². The first-order valence-corrected chi connectivity index (χ1v) is 13.3. The molecule has 2 heterocycles. The molecule has 1 unspecified atom stereocenters. The van der Waals surface area contributed by atoms with Crippen LogP contribution in [0.5, 0.6) is 5.75 Å². The fourth-order valence-corrected chi connectivity index (χ4v) is 5.45. The van der Waals surface area contributed by atoms with E-state index < -0.39 is 5.92 Å². The summed E-state index contributed by atoms with van der Waals surface area (Å²) in [5.41, 5.74) is 0.994. The average molecular weight is 494 g/mol. The molecule has 1 aromatic carbocycles. The molecule has 36 heavy (non-hydrogen) atoms. The Bertz CT molecular complexity index is 968. The van der Waals surface area contributed by atoms with E-state index in [4.69, 9.17) is 9.47 Å². The van der Waals surface area contributed by atoms with Crippen molar-refractivity contribution in [3.63, 3.8) is 0 Å². The number of fused-ring (bicyclic) bond motifs is 1. The van der Waals surface area contributed by atoms with Crippen LogP contribution in [0.1, 0.15) is 44.6 Å². The van der Waals surface area contributed by atoms with Gasteiger partial charge in [0, 0.05) is 32.8 Å². The highest BCUT2D eigenvalue weighted by atomic mass is 16.5. The number of aromatic nitrogens is 1. The minimum absolute atomic E-state index is 0.0828. The maximum absolute atomic E-state index is 13.1. The first kappa shape index (κ1) is 26.0. The van der Waals surface area contributed by atoms with Crippen molar-refractivity contribution in [1.29, 1.82) is 0 Å². The number of pyridine rings is 1. The van der Waals surface area contributed by atoms with Crippen molar-refractivity contribution >= 4 is 17.7 Å². The third kappa shape index (κ3) is 6.99. The third-order valence-corrected chi connectivity index (χ3v) is 7.51. The topological polar surface area (TPSA) is 72.0 Å². The Labute approximate surface area is 214 Å². The standard InChI is InChI=1S/C29H39N3O4/c1-3-35-29(34)25(19-28(33)32-20-23-8-4-5-9-24(23)21-32)18-22-11-13-26(14-12-22)36-17-16-31(2)27-10-6-7-15-30-27/h6-7,10-15,23-25H,3-5,8-9,16-21H2,1-2H3/t23-,24+,25?. The quantitative estimate of drug-likeness (QED) is 0.433. The largest absolute Gasteiger partial charge is 0.492 e. The minimum atomic E-state index is -0.473. The average Bonchev–Trinajstić information content (AvgIpc) is 3.34. The molecular weight excluding hydrogens is 454 g/mol. The van der Waals surface area contributed by atoms with Gasteiger partial charge in [0.05, 0.1) is 19.1 Å². The Morgan fingerprint density at radius 1 is 1.08 bits per heavy atom. The molecule has 7 nitrogen and oxygen atoms in total. The number of likely N-dealkylation sites (N-methyl/N-ethyl adjacent to an activating group) is 1. The van der Waals surface area contributed by atoms with Gasteiger partial charge in [0.25, 0.3) is 0 Å². The summed E-state index contributed by atoms with van der Waals surface area (Å²) in [6.45, 7) is 5.06. The Balaban J connectivity index is 1.29. The van der Waals surface area contributed by atoms with E-state index in [2.05, 4.69) is 4.98 Å². The molecule has 1 saturated carbocycles. The summed E-state index contributed by atoms with van der Waals surface area (Å²) in [4.78, 5) is 34.2. The zero-order valence-corrected chi connectivity index (χ0v) is 21.6. The molecule has 3 atom stereocenters. The van der Waals surface area contributed by atoms with Crippen molar-refractivity contribution < 1.29 is 19.1 Å². The van der Waals surface area contributed by atoms with Crippen LogP contribution in [-0.2, 0) is 20.7 Å². The second-order valence-corrected chi connectivity index (χ2v) is 10.1. The zero-order valence-electron chi connectivity index (χ0n) is 21.6. The van der Waals surface area contributed by atoms with E-state index in [9.17, 15) is 9.59 Å². The van der Waals surface area contributed by atoms with Crippen LogP contribution < -0.4 is 9.64 Å². The van der Waals surface area contributed by atoms with Crippen molar-refractivity contribution in [2.24, 2.45) is 17.8 Å². The van der Waals surface area contributed by atoms with Crippen LogP contribution >= 0.6 is 0 Å². The van der Waals surface area contributed by atoms with Gasteiger partial charge in [-0.3, -0.25) is 9.59 Å². The van der Waals surface area contributed by atoms with Crippen LogP contribution in [-0.4, -0.2) is 61.7 Å². The molecular formula is C29H39N3O4. The van der Waals surface area contributed by atoms with E-state index in [1.54, 1.807) is 13.1 Å². The van der Waals surface area contributed by atoms with Crippen molar-refractivity contribution in [1.82, 2.24) is 9.88 Å². The molecule has 2 aliphatic rings. The van der Waals surface area contributed by atoms with Gasteiger partial charge in [0.1, 0.15) is 18.2 Å². The molecule has 0 spiro atoms. The zero-order chi connectivity index (χ0) is 25.3. The molecule has 2 aromatic rings. The van der Waals surface area contributed by atoms with Gasteiger partial charge in [0.2, 0.25) is 5.91 Å². The summed E-state index contributed by atoms with van der Waals surface area (Å²) in [6, 6.07) is 13.6. The molecule has 0 radical (unpaired) electrons. The molecule has 1 amide bonds. The highest BCUT2D eigenvalue weighted by Crippen LogP contribution is 2.36. The minimum Gasteiger partial charge on any atom is -0.492 e. The molecule has 1 aliphatic heterocycles. The number of rotatable bonds is 11. The number of carbonyl (C=O) groups excluding carboxylic acids is 2. The maximum atomic E-state index is 13.1. The van der Waals surface area contributed by atoms with Crippen molar-refractivity contribution in [3.05, 3.63) is 54.2 Å². The van der Waals surface area contributed by atoms with E-state index in [1.165, 1.54) is 25.7 Å². The van der Waals surface area contributed by atoms with Crippen molar-refractivity contribution in [2.75, 3.05) is 44.8 Å². The highest BCUT2D eigenvalue weighted by Gasteiger charge is 2.37. The van der Waals surface area contributed by atoms with Gasteiger partial charge >= 0.3 is 5.97 Å². The van der Waals surface area contributed by atoms with Crippen LogP contribution in [0.15, 0.2) is 48.7 Å². The van der Waals surface area contributed by atoms with E-state index in [-0.39, 0.29) is 18.3 Å². The van der Waals surface area contributed by atoms with Crippen LogP contribution in [0.2, 0.25) is 0 Å². The molecule has 0 N–H and O–H groups in total. The number of benzene rings is 1. The first-order chi connectivity index (χ1) is 17.5. The number of amides is 1. The van der Waals surface area contributed by atoms with E-state index >= 15 is 0 Å². The van der Waals surface area contributed by atoms with Crippen LogP contribution in [0.25, 0.3) is 0 Å². The predicted octanol–water partition coefficient (Wildman–Crippen LogP) is 4.36. The number of carbonyl (C=O) groups is 2. The number of likely N-dealkylation sites (tertiary alicyclic amines) is 1. The Hall–Kier alpha value is -3.09. The monoisotopic (exact) mass is 493 g/mol. The highest BCUT2D eigenvalue weighted by molar-refractivity contribution is 5.83. The van der Waals surface area contributed by atoms with Gasteiger partial charge < -0.3 is 19.3 Å². The number of hydrogen-bond acceptors (Lipinski definition) is 6.